The monoisotopic (exact) mass is 333 g/mol. The lowest BCUT2D eigenvalue weighted by atomic mass is 10.5. The molecule has 4 nitrogen and oxygen atoms in total. The van der Waals surface area contributed by atoms with E-state index >= 15 is 0 Å². The standard InChI is InChI=1S/C6H5ClINO3S/c1-12-4-2-9-3-5(6(4)8)13(7,10)11/h2-3H,1H3. The molecule has 0 unspecified atom stereocenters. The van der Waals surface area contributed by atoms with Crippen LogP contribution in [0.25, 0.3) is 0 Å². The lowest BCUT2D eigenvalue weighted by molar-refractivity contribution is 0.408. The minimum atomic E-state index is -3.74. The third-order valence-corrected chi connectivity index (χ3v) is 4.11. The van der Waals surface area contributed by atoms with E-state index < -0.39 is 9.05 Å². The van der Waals surface area contributed by atoms with Crippen molar-refractivity contribution in [2.24, 2.45) is 0 Å². The second-order valence-electron chi connectivity index (χ2n) is 2.09. The van der Waals surface area contributed by atoms with Gasteiger partial charge in [-0.15, -0.1) is 0 Å². The van der Waals surface area contributed by atoms with Gasteiger partial charge in [0.25, 0.3) is 9.05 Å². The zero-order chi connectivity index (χ0) is 10.1. The lowest BCUT2D eigenvalue weighted by Gasteiger charge is -2.04. The highest BCUT2D eigenvalue weighted by Gasteiger charge is 2.17. The Morgan fingerprint density at radius 3 is 2.62 bits per heavy atom. The first kappa shape index (κ1) is 11.0. The number of halogens is 2. The van der Waals surface area contributed by atoms with Gasteiger partial charge in [0.15, 0.2) is 5.75 Å². The van der Waals surface area contributed by atoms with Crippen molar-refractivity contribution in [1.29, 1.82) is 0 Å². The normalized spacial score (nSPS) is 11.3. The fourth-order valence-corrected chi connectivity index (χ4v) is 3.33. The van der Waals surface area contributed by atoms with Gasteiger partial charge < -0.3 is 4.74 Å². The molecule has 1 aromatic rings. The Balaban J connectivity index is 3.41. The van der Waals surface area contributed by atoms with Crippen LogP contribution in [0, 0.1) is 3.57 Å². The van der Waals surface area contributed by atoms with Crippen molar-refractivity contribution in [1.82, 2.24) is 4.98 Å². The van der Waals surface area contributed by atoms with Crippen LogP contribution in [-0.4, -0.2) is 20.5 Å². The Morgan fingerprint density at radius 1 is 1.54 bits per heavy atom. The number of pyridine rings is 1. The summed E-state index contributed by atoms with van der Waals surface area (Å²) in [5, 5.41) is 0. The minimum Gasteiger partial charge on any atom is -0.494 e. The summed E-state index contributed by atoms with van der Waals surface area (Å²) in [5.41, 5.74) is 0. The van der Waals surface area contributed by atoms with Crippen molar-refractivity contribution in [3.63, 3.8) is 0 Å². The van der Waals surface area contributed by atoms with Crippen LogP contribution in [0.4, 0.5) is 0 Å². The van der Waals surface area contributed by atoms with Crippen molar-refractivity contribution in [2.75, 3.05) is 7.11 Å². The quantitative estimate of drug-likeness (QED) is 0.610. The van der Waals surface area contributed by atoms with Gasteiger partial charge in [-0.25, -0.2) is 8.42 Å². The maximum Gasteiger partial charge on any atom is 0.264 e. The molecule has 1 rings (SSSR count). The zero-order valence-corrected chi connectivity index (χ0v) is 10.2. The van der Waals surface area contributed by atoms with Crippen molar-refractivity contribution >= 4 is 42.3 Å². The van der Waals surface area contributed by atoms with Crippen molar-refractivity contribution in [3.05, 3.63) is 16.0 Å². The number of hydrogen-bond acceptors (Lipinski definition) is 4. The van der Waals surface area contributed by atoms with Crippen molar-refractivity contribution in [2.45, 2.75) is 4.90 Å². The van der Waals surface area contributed by atoms with E-state index in [1.807, 2.05) is 22.6 Å². The van der Waals surface area contributed by atoms with Gasteiger partial charge in [0, 0.05) is 16.9 Å². The Labute approximate surface area is 93.8 Å². The summed E-state index contributed by atoms with van der Waals surface area (Å²) in [7, 11) is 2.86. The first-order valence-corrected chi connectivity index (χ1v) is 6.47. The van der Waals surface area contributed by atoms with Gasteiger partial charge in [0.2, 0.25) is 0 Å². The second-order valence-corrected chi connectivity index (χ2v) is 5.70. The van der Waals surface area contributed by atoms with E-state index in [2.05, 4.69) is 4.98 Å². The molecule has 0 amide bonds. The predicted molar refractivity (Wildman–Crippen MR) is 56.5 cm³/mol. The molecule has 72 valence electrons. The van der Waals surface area contributed by atoms with E-state index in [1.54, 1.807) is 0 Å². The molecule has 0 saturated heterocycles. The van der Waals surface area contributed by atoms with E-state index in [-0.39, 0.29) is 4.90 Å². The molecule has 0 aliphatic heterocycles. The number of aromatic nitrogens is 1. The van der Waals surface area contributed by atoms with Crippen LogP contribution in [0.2, 0.25) is 0 Å². The van der Waals surface area contributed by atoms with Crippen LogP contribution in [0.15, 0.2) is 17.3 Å². The molecule has 1 aromatic heterocycles. The first-order chi connectivity index (χ1) is 5.96. The van der Waals surface area contributed by atoms with Crippen LogP contribution in [0.5, 0.6) is 5.75 Å². The molecule has 13 heavy (non-hydrogen) atoms. The van der Waals surface area contributed by atoms with Gasteiger partial charge in [-0.3, -0.25) is 4.98 Å². The highest BCUT2D eigenvalue weighted by atomic mass is 127. The number of hydrogen-bond donors (Lipinski definition) is 0. The van der Waals surface area contributed by atoms with Crippen LogP contribution in [-0.2, 0) is 9.05 Å². The van der Waals surface area contributed by atoms with Crippen LogP contribution >= 0.6 is 33.3 Å². The third kappa shape index (κ3) is 2.44. The smallest absolute Gasteiger partial charge is 0.264 e. The number of rotatable bonds is 2. The molecular weight excluding hydrogens is 328 g/mol. The summed E-state index contributed by atoms with van der Waals surface area (Å²) < 4.78 is 27.3. The average molecular weight is 334 g/mol. The Bertz CT molecular complexity index is 420. The van der Waals surface area contributed by atoms with Gasteiger partial charge >= 0.3 is 0 Å². The van der Waals surface area contributed by atoms with Crippen molar-refractivity contribution < 1.29 is 13.2 Å². The average Bonchev–Trinajstić information content (AvgIpc) is 2.02. The van der Waals surface area contributed by atoms with Gasteiger partial charge in [0.1, 0.15) is 4.90 Å². The highest BCUT2D eigenvalue weighted by molar-refractivity contribution is 14.1. The highest BCUT2D eigenvalue weighted by Crippen LogP contribution is 2.27. The van der Waals surface area contributed by atoms with Crippen LogP contribution in [0.3, 0.4) is 0 Å². The summed E-state index contributed by atoms with van der Waals surface area (Å²) in [4.78, 5) is 3.66. The number of ether oxygens (including phenoxy) is 1. The number of methoxy groups -OCH3 is 1. The summed E-state index contributed by atoms with van der Waals surface area (Å²) >= 11 is 1.84. The van der Waals surface area contributed by atoms with Gasteiger partial charge in [-0.05, 0) is 22.6 Å². The lowest BCUT2D eigenvalue weighted by Crippen LogP contribution is -1.98. The molecule has 0 spiro atoms. The van der Waals surface area contributed by atoms with E-state index in [9.17, 15) is 8.42 Å². The first-order valence-electron chi connectivity index (χ1n) is 3.09. The van der Waals surface area contributed by atoms with E-state index in [4.69, 9.17) is 15.4 Å². The topological polar surface area (TPSA) is 56.3 Å². The molecule has 0 saturated carbocycles. The Morgan fingerprint density at radius 2 is 2.15 bits per heavy atom. The Hall–Kier alpha value is -0.0800. The van der Waals surface area contributed by atoms with Gasteiger partial charge in [-0.1, -0.05) is 0 Å². The SMILES string of the molecule is COc1cncc(S(=O)(=O)Cl)c1I. The predicted octanol–water partition coefficient (Wildman–Crippen LogP) is 1.62. The Kier molecular flexibility index (Phi) is 3.36. The van der Waals surface area contributed by atoms with E-state index in [0.29, 0.717) is 9.32 Å². The molecule has 0 aliphatic carbocycles. The molecule has 0 aliphatic rings. The zero-order valence-electron chi connectivity index (χ0n) is 6.49. The van der Waals surface area contributed by atoms with Crippen LogP contribution in [0.1, 0.15) is 0 Å². The minimum absolute atomic E-state index is 0.0332. The summed E-state index contributed by atoms with van der Waals surface area (Å²) in [6.45, 7) is 0. The van der Waals surface area contributed by atoms with E-state index in [1.165, 1.54) is 19.5 Å². The maximum absolute atomic E-state index is 11.0. The largest absolute Gasteiger partial charge is 0.494 e. The van der Waals surface area contributed by atoms with Gasteiger partial charge in [-0.2, -0.15) is 0 Å². The molecule has 0 fully saturated rings. The molecular formula is C6H5ClINO3S. The molecule has 0 N–H and O–H groups in total. The maximum atomic E-state index is 11.0. The molecule has 1 heterocycles. The van der Waals surface area contributed by atoms with Gasteiger partial charge in [0.05, 0.1) is 16.9 Å². The second kappa shape index (κ2) is 3.97. The molecule has 0 radical (unpaired) electrons. The molecule has 0 aromatic carbocycles. The summed E-state index contributed by atoms with van der Waals surface area (Å²) in [6, 6.07) is 0. The van der Waals surface area contributed by atoms with E-state index in [0.717, 1.165) is 0 Å². The summed E-state index contributed by atoms with van der Waals surface area (Å²) in [5.74, 6) is 0.391. The number of nitrogens with zero attached hydrogens (tertiary/aromatic N) is 1. The molecule has 0 bridgehead atoms. The fourth-order valence-electron chi connectivity index (χ4n) is 0.720. The summed E-state index contributed by atoms with van der Waals surface area (Å²) in [6.07, 6.45) is 2.61. The fraction of sp³-hybridized carbons (Fsp3) is 0.167. The van der Waals surface area contributed by atoms with Crippen molar-refractivity contribution in [3.8, 4) is 5.75 Å². The third-order valence-electron chi connectivity index (χ3n) is 1.30. The molecule has 7 heteroatoms. The molecule has 0 atom stereocenters. The van der Waals surface area contributed by atoms with Crippen LogP contribution < -0.4 is 4.74 Å².